The molecule has 8 nitrogen and oxygen atoms in total. The molecule has 2 heterocycles. The topological polar surface area (TPSA) is 89.6 Å². The number of rotatable bonds is 7. The molecule has 0 radical (unpaired) electrons. The number of nitrogens with zero attached hydrogens (tertiary/aromatic N) is 3. The molecule has 1 aromatic heterocycles. The maximum Gasteiger partial charge on any atom is 0.323 e. The number of hydrogen-bond acceptors (Lipinski definition) is 5. The summed E-state index contributed by atoms with van der Waals surface area (Å²) in [5.74, 6) is 0.982. The van der Waals surface area contributed by atoms with Crippen molar-refractivity contribution in [3.05, 3.63) is 79.0 Å². The van der Waals surface area contributed by atoms with E-state index in [1.165, 1.54) is 0 Å². The Morgan fingerprint density at radius 2 is 1.33 bits per heavy atom. The zero-order valence-electron chi connectivity index (χ0n) is 18.4. The smallest absolute Gasteiger partial charge is 0.323 e. The maximum absolute atomic E-state index is 12.4. The minimum absolute atomic E-state index is 0.0234. The molecular formula is C25H28N6O2. The van der Waals surface area contributed by atoms with Gasteiger partial charge in [0.15, 0.2) is 0 Å². The molecule has 33 heavy (non-hydrogen) atoms. The van der Waals surface area contributed by atoms with Crippen molar-refractivity contribution >= 4 is 34.8 Å². The van der Waals surface area contributed by atoms with Gasteiger partial charge >= 0.3 is 6.03 Å². The summed E-state index contributed by atoms with van der Waals surface area (Å²) in [6, 6.07) is 22.0. The van der Waals surface area contributed by atoms with E-state index in [1.807, 2.05) is 54.7 Å². The van der Waals surface area contributed by atoms with Crippen molar-refractivity contribution in [1.29, 1.82) is 0 Å². The number of piperazine rings is 1. The van der Waals surface area contributed by atoms with Crippen LogP contribution in [0.2, 0.25) is 0 Å². The molecule has 1 fully saturated rings. The molecule has 0 atom stereocenters. The van der Waals surface area contributed by atoms with Crippen molar-refractivity contribution in [3.63, 3.8) is 0 Å². The van der Waals surface area contributed by atoms with E-state index in [2.05, 4.69) is 30.7 Å². The summed E-state index contributed by atoms with van der Waals surface area (Å²) in [5.41, 5.74) is 2.07. The van der Waals surface area contributed by atoms with Gasteiger partial charge in [-0.3, -0.25) is 9.69 Å². The van der Waals surface area contributed by atoms with Gasteiger partial charge in [0.2, 0.25) is 5.91 Å². The number of carbonyl (C=O) groups is 2. The Kier molecular flexibility index (Phi) is 7.50. The Bertz CT molecular complexity index is 1040. The van der Waals surface area contributed by atoms with Gasteiger partial charge in [-0.1, -0.05) is 24.3 Å². The fourth-order valence-corrected chi connectivity index (χ4v) is 3.68. The van der Waals surface area contributed by atoms with E-state index < -0.39 is 0 Å². The number of carbonyl (C=O) groups excluding carboxylic acids is 2. The lowest BCUT2D eigenvalue weighted by Gasteiger charge is -2.35. The van der Waals surface area contributed by atoms with Gasteiger partial charge in [-0.2, -0.15) is 0 Å². The van der Waals surface area contributed by atoms with Crippen molar-refractivity contribution in [2.75, 3.05) is 53.6 Å². The van der Waals surface area contributed by atoms with Gasteiger partial charge in [0.25, 0.3) is 0 Å². The summed E-state index contributed by atoms with van der Waals surface area (Å²) in [5, 5.41) is 8.46. The Balaban J connectivity index is 1.17. The highest BCUT2D eigenvalue weighted by molar-refractivity contribution is 6.00. The van der Waals surface area contributed by atoms with Crippen LogP contribution in [0.3, 0.4) is 0 Å². The monoisotopic (exact) mass is 444 g/mol. The molecule has 170 valence electrons. The van der Waals surface area contributed by atoms with Gasteiger partial charge in [0.05, 0.1) is 0 Å². The van der Waals surface area contributed by atoms with Crippen molar-refractivity contribution in [1.82, 2.24) is 9.88 Å². The van der Waals surface area contributed by atoms with Crippen LogP contribution in [0.4, 0.5) is 27.7 Å². The summed E-state index contributed by atoms with van der Waals surface area (Å²) in [6.45, 7) is 4.36. The minimum atomic E-state index is -0.318. The second-order valence-corrected chi connectivity index (χ2v) is 7.84. The number of aromatic nitrogens is 1. The Morgan fingerprint density at radius 3 is 1.97 bits per heavy atom. The van der Waals surface area contributed by atoms with Crippen molar-refractivity contribution in [2.24, 2.45) is 0 Å². The molecule has 0 unspecified atom stereocenters. The van der Waals surface area contributed by atoms with Crippen LogP contribution in [0, 0.1) is 0 Å². The van der Waals surface area contributed by atoms with E-state index in [4.69, 9.17) is 0 Å². The fraction of sp³-hybridized carbons (Fsp3) is 0.240. The number of urea groups is 1. The summed E-state index contributed by atoms with van der Waals surface area (Å²) in [4.78, 5) is 33.4. The molecule has 0 saturated carbocycles. The molecule has 3 N–H and O–H groups in total. The average molecular weight is 445 g/mol. The second-order valence-electron chi connectivity index (χ2n) is 7.84. The predicted octanol–water partition coefficient (Wildman–Crippen LogP) is 3.88. The molecule has 2 aromatic carbocycles. The Labute approximate surface area is 193 Å². The largest absolute Gasteiger partial charge is 0.354 e. The number of para-hydroxylation sites is 1. The number of hydrogen-bond donors (Lipinski definition) is 3. The maximum atomic E-state index is 12.4. The lowest BCUT2D eigenvalue weighted by molar-refractivity contribution is -0.116. The van der Waals surface area contributed by atoms with Crippen LogP contribution in [0.1, 0.15) is 6.42 Å². The lowest BCUT2D eigenvalue weighted by Crippen LogP contribution is -2.47. The fourth-order valence-electron chi connectivity index (χ4n) is 3.68. The number of anilines is 4. The first-order valence-electron chi connectivity index (χ1n) is 11.1. The van der Waals surface area contributed by atoms with E-state index in [1.54, 1.807) is 24.3 Å². The molecule has 1 aliphatic heterocycles. The summed E-state index contributed by atoms with van der Waals surface area (Å²) in [7, 11) is 0. The SMILES string of the molecule is O=C(CCN1CCN(c2ccccn2)CC1)Nc1ccc(NC(=O)Nc2ccccc2)cc1. The quantitative estimate of drug-likeness (QED) is 0.515. The van der Waals surface area contributed by atoms with E-state index in [0.29, 0.717) is 17.8 Å². The Hall–Kier alpha value is -3.91. The molecule has 0 bridgehead atoms. The molecule has 3 aromatic rings. The first kappa shape index (κ1) is 22.3. The third-order valence-corrected chi connectivity index (χ3v) is 5.46. The van der Waals surface area contributed by atoms with Gasteiger partial charge in [-0.05, 0) is 48.5 Å². The number of nitrogens with one attached hydrogen (secondary N) is 3. The van der Waals surface area contributed by atoms with Gasteiger partial charge in [0, 0.05) is 62.4 Å². The van der Waals surface area contributed by atoms with Crippen LogP contribution < -0.4 is 20.9 Å². The highest BCUT2D eigenvalue weighted by Crippen LogP contribution is 2.16. The third-order valence-electron chi connectivity index (χ3n) is 5.46. The second kappa shape index (κ2) is 11.1. The van der Waals surface area contributed by atoms with Crippen molar-refractivity contribution in [3.8, 4) is 0 Å². The average Bonchev–Trinajstić information content (AvgIpc) is 2.85. The van der Waals surface area contributed by atoms with Crippen LogP contribution in [-0.4, -0.2) is 54.5 Å². The van der Waals surface area contributed by atoms with Gasteiger partial charge in [-0.25, -0.2) is 9.78 Å². The summed E-state index contributed by atoms with van der Waals surface area (Å²) in [6.07, 6.45) is 2.25. The van der Waals surface area contributed by atoms with Crippen LogP contribution >= 0.6 is 0 Å². The molecular weight excluding hydrogens is 416 g/mol. The highest BCUT2D eigenvalue weighted by Gasteiger charge is 2.18. The number of benzene rings is 2. The number of pyridine rings is 1. The lowest BCUT2D eigenvalue weighted by atomic mass is 10.2. The molecule has 1 aliphatic rings. The van der Waals surface area contributed by atoms with Crippen LogP contribution in [0.25, 0.3) is 0 Å². The normalized spacial score (nSPS) is 13.9. The van der Waals surface area contributed by atoms with Crippen molar-refractivity contribution in [2.45, 2.75) is 6.42 Å². The van der Waals surface area contributed by atoms with Crippen LogP contribution in [0.15, 0.2) is 79.0 Å². The Morgan fingerprint density at radius 1 is 0.727 bits per heavy atom. The molecule has 3 amide bonds. The van der Waals surface area contributed by atoms with Crippen molar-refractivity contribution < 1.29 is 9.59 Å². The van der Waals surface area contributed by atoms with E-state index in [0.717, 1.165) is 44.2 Å². The molecule has 4 rings (SSSR count). The zero-order valence-corrected chi connectivity index (χ0v) is 18.4. The van der Waals surface area contributed by atoms with E-state index in [9.17, 15) is 9.59 Å². The van der Waals surface area contributed by atoms with E-state index >= 15 is 0 Å². The van der Waals surface area contributed by atoms with Crippen LogP contribution in [0.5, 0.6) is 0 Å². The summed E-state index contributed by atoms with van der Waals surface area (Å²) >= 11 is 0. The molecule has 1 saturated heterocycles. The standard InChI is InChI=1S/C25H28N6O2/c32-24(13-15-30-16-18-31(19-17-30)23-8-4-5-14-26-23)27-21-9-11-22(12-10-21)29-25(33)28-20-6-2-1-3-7-20/h1-12,14H,13,15-19H2,(H,27,32)(H2,28,29,33). The minimum Gasteiger partial charge on any atom is -0.354 e. The van der Waals surface area contributed by atoms with Gasteiger partial charge in [0.1, 0.15) is 5.82 Å². The summed E-state index contributed by atoms with van der Waals surface area (Å²) < 4.78 is 0. The van der Waals surface area contributed by atoms with Gasteiger partial charge < -0.3 is 20.9 Å². The third kappa shape index (κ3) is 6.78. The number of amides is 3. The van der Waals surface area contributed by atoms with Crippen LogP contribution in [-0.2, 0) is 4.79 Å². The molecule has 8 heteroatoms. The zero-order chi connectivity index (χ0) is 22.9. The first-order chi connectivity index (χ1) is 16.2. The predicted molar refractivity (Wildman–Crippen MR) is 132 cm³/mol. The highest BCUT2D eigenvalue weighted by atomic mass is 16.2. The molecule has 0 aliphatic carbocycles. The first-order valence-corrected chi connectivity index (χ1v) is 11.1. The van der Waals surface area contributed by atoms with Gasteiger partial charge in [-0.15, -0.1) is 0 Å². The molecule has 0 spiro atoms. The van der Waals surface area contributed by atoms with E-state index in [-0.39, 0.29) is 11.9 Å².